The van der Waals surface area contributed by atoms with Crippen LogP contribution in [0.1, 0.15) is 37.9 Å². The van der Waals surface area contributed by atoms with Crippen molar-refractivity contribution in [2.24, 2.45) is 4.99 Å². The largest absolute Gasteiger partial charge is 0.497 e. The number of ether oxygens (including phenoxy) is 2. The lowest BCUT2D eigenvalue weighted by Crippen LogP contribution is -2.41. The molecule has 0 N–H and O–H groups in total. The van der Waals surface area contributed by atoms with Crippen molar-refractivity contribution in [1.82, 2.24) is 4.57 Å². The van der Waals surface area contributed by atoms with Crippen molar-refractivity contribution in [1.29, 1.82) is 0 Å². The number of benzene rings is 2. The van der Waals surface area contributed by atoms with Gasteiger partial charge in [0.1, 0.15) is 10.3 Å². The van der Waals surface area contributed by atoms with Crippen LogP contribution < -0.4 is 24.5 Å². The number of carbonyl (C=O) groups excluding carboxylic acids is 2. The zero-order valence-corrected chi connectivity index (χ0v) is 22.4. The molecule has 194 valence electrons. The highest BCUT2D eigenvalue weighted by atomic mass is 32.1. The molecule has 0 unspecified atom stereocenters. The van der Waals surface area contributed by atoms with Crippen LogP contribution in [0.25, 0.3) is 5.57 Å². The first-order valence-corrected chi connectivity index (χ1v) is 13.0. The molecule has 5 rings (SSSR count). The zero-order valence-electron chi connectivity index (χ0n) is 21.6. The molecule has 2 aliphatic heterocycles. The maximum atomic E-state index is 14.1. The molecule has 0 fully saturated rings. The van der Waals surface area contributed by atoms with Gasteiger partial charge in [0.2, 0.25) is 0 Å². The number of aromatic nitrogens is 1. The number of hydrogen-bond acceptors (Lipinski definition) is 7. The minimum Gasteiger partial charge on any atom is -0.497 e. The molecule has 3 aromatic rings. The summed E-state index contributed by atoms with van der Waals surface area (Å²) in [6, 6.07) is 13.8. The number of para-hydroxylation sites is 1. The van der Waals surface area contributed by atoms with Gasteiger partial charge in [-0.25, -0.2) is 9.79 Å². The highest BCUT2D eigenvalue weighted by Gasteiger charge is 2.37. The Morgan fingerprint density at radius 3 is 2.53 bits per heavy atom. The Bertz CT molecular complexity index is 1680. The number of methoxy groups -OCH3 is 1. The maximum absolute atomic E-state index is 14.1. The fourth-order valence-electron chi connectivity index (χ4n) is 4.82. The Kier molecular flexibility index (Phi) is 6.62. The number of hydrogen-bond donors (Lipinski definition) is 0. The first kappa shape index (κ1) is 25.4. The summed E-state index contributed by atoms with van der Waals surface area (Å²) in [4.78, 5) is 47.6. The predicted octanol–water partition coefficient (Wildman–Crippen LogP) is 3.10. The molecule has 9 heteroatoms. The Balaban J connectivity index is 1.79. The lowest BCUT2D eigenvalue weighted by atomic mass is 9.95. The quantitative estimate of drug-likeness (QED) is 0.362. The molecule has 0 bridgehead atoms. The number of thiazole rings is 1. The first-order valence-electron chi connectivity index (χ1n) is 12.2. The highest BCUT2D eigenvalue weighted by molar-refractivity contribution is 7.07. The van der Waals surface area contributed by atoms with Crippen molar-refractivity contribution < 1.29 is 19.1 Å². The minimum absolute atomic E-state index is 0.271. The number of carbonyl (C=O) groups is 2. The van der Waals surface area contributed by atoms with E-state index < -0.39 is 17.6 Å². The first-order chi connectivity index (χ1) is 18.3. The van der Waals surface area contributed by atoms with Crippen LogP contribution in [0.5, 0.6) is 5.75 Å². The number of rotatable bonds is 6. The molecule has 2 aliphatic rings. The SMILES string of the molecule is C=CCN1C(=O)/C(=c2\sc3n(c2=O)[C@H](c2ccc(OC)cc2)C(C(=O)OC(C)C)=C(C)N=3)c2ccccc21. The van der Waals surface area contributed by atoms with E-state index in [0.717, 1.165) is 17.0 Å². The summed E-state index contributed by atoms with van der Waals surface area (Å²) in [6.07, 6.45) is 1.30. The number of allylic oxidation sites excluding steroid dienone is 1. The Morgan fingerprint density at radius 1 is 1.16 bits per heavy atom. The molecule has 8 nitrogen and oxygen atoms in total. The molecule has 0 spiro atoms. The summed E-state index contributed by atoms with van der Waals surface area (Å²) >= 11 is 1.15. The molecule has 0 radical (unpaired) electrons. The van der Waals surface area contributed by atoms with Crippen LogP contribution in [-0.4, -0.2) is 36.2 Å². The van der Waals surface area contributed by atoms with Gasteiger partial charge in [-0.15, -0.1) is 6.58 Å². The topological polar surface area (TPSA) is 90.2 Å². The van der Waals surface area contributed by atoms with Gasteiger partial charge in [-0.1, -0.05) is 47.7 Å². The zero-order chi connectivity index (χ0) is 27.1. The van der Waals surface area contributed by atoms with Gasteiger partial charge >= 0.3 is 5.97 Å². The molecular formula is C29H27N3O5S. The lowest BCUT2D eigenvalue weighted by molar-refractivity contribution is -0.143. The van der Waals surface area contributed by atoms with Crippen molar-refractivity contribution in [2.45, 2.75) is 32.9 Å². The summed E-state index contributed by atoms with van der Waals surface area (Å²) in [5, 5.41) is 0. The van der Waals surface area contributed by atoms with Gasteiger partial charge in [0.25, 0.3) is 11.5 Å². The standard InChI is InChI=1S/C29H27N3O5S/c1-6-15-31-21-10-8-7-9-20(21)23(26(31)33)25-27(34)32-24(18-11-13-19(36-5)14-12-18)22(28(35)37-16(2)3)17(4)30-29(32)38-25/h6-14,16,24H,1,15H2,2-5H3/b25-23-/t24-/m1/s1. The summed E-state index contributed by atoms with van der Waals surface area (Å²) in [6.45, 7) is 9.36. The third-order valence-electron chi connectivity index (χ3n) is 6.45. The Labute approximate surface area is 223 Å². The third kappa shape index (κ3) is 4.09. The average molecular weight is 530 g/mol. The van der Waals surface area contributed by atoms with E-state index in [0.29, 0.717) is 39.5 Å². The molecule has 0 saturated carbocycles. The monoisotopic (exact) mass is 529 g/mol. The molecule has 38 heavy (non-hydrogen) atoms. The van der Waals surface area contributed by atoms with Crippen LogP contribution in [0.2, 0.25) is 0 Å². The van der Waals surface area contributed by atoms with Crippen molar-refractivity contribution in [3.8, 4) is 5.75 Å². The van der Waals surface area contributed by atoms with E-state index in [9.17, 15) is 14.4 Å². The van der Waals surface area contributed by atoms with Gasteiger partial charge in [-0.2, -0.15) is 0 Å². The van der Waals surface area contributed by atoms with E-state index in [1.807, 2.05) is 36.4 Å². The number of amides is 1. The van der Waals surface area contributed by atoms with Crippen molar-refractivity contribution in [3.05, 3.63) is 103 Å². The van der Waals surface area contributed by atoms with Crippen LogP contribution in [0, 0.1) is 0 Å². The van der Waals surface area contributed by atoms with E-state index in [2.05, 4.69) is 11.6 Å². The minimum atomic E-state index is -0.784. The molecule has 0 aliphatic carbocycles. The van der Waals surface area contributed by atoms with Crippen molar-refractivity contribution >= 4 is 34.5 Å². The predicted molar refractivity (Wildman–Crippen MR) is 146 cm³/mol. The van der Waals surface area contributed by atoms with Gasteiger partial charge in [-0.05, 0) is 44.5 Å². The van der Waals surface area contributed by atoms with Gasteiger partial charge in [0, 0.05) is 12.1 Å². The van der Waals surface area contributed by atoms with E-state index >= 15 is 0 Å². The third-order valence-corrected chi connectivity index (χ3v) is 7.51. The molecule has 2 aromatic carbocycles. The Hall–Kier alpha value is -4.24. The molecular weight excluding hydrogens is 502 g/mol. The smallest absolute Gasteiger partial charge is 0.338 e. The fourth-order valence-corrected chi connectivity index (χ4v) is 5.96. The molecule has 1 aromatic heterocycles. The Morgan fingerprint density at radius 2 is 1.87 bits per heavy atom. The fraction of sp³-hybridized carbons (Fsp3) is 0.241. The summed E-state index contributed by atoms with van der Waals surface area (Å²) in [7, 11) is 1.57. The summed E-state index contributed by atoms with van der Waals surface area (Å²) in [5.41, 5.74) is 2.77. The van der Waals surface area contributed by atoms with Crippen molar-refractivity contribution in [3.63, 3.8) is 0 Å². The molecule has 1 amide bonds. The lowest BCUT2D eigenvalue weighted by Gasteiger charge is -2.25. The van der Waals surface area contributed by atoms with Crippen LogP contribution >= 0.6 is 11.3 Å². The van der Waals surface area contributed by atoms with E-state index in [1.165, 1.54) is 4.57 Å². The average Bonchev–Trinajstić information content (AvgIpc) is 3.35. The summed E-state index contributed by atoms with van der Waals surface area (Å²) < 4.78 is 12.6. The van der Waals surface area contributed by atoms with E-state index in [4.69, 9.17) is 9.47 Å². The van der Waals surface area contributed by atoms with E-state index in [1.54, 1.807) is 51.0 Å². The maximum Gasteiger partial charge on any atom is 0.338 e. The van der Waals surface area contributed by atoms with Gasteiger partial charge in [-0.3, -0.25) is 14.2 Å². The number of nitrogens with zero attached hydrogens (tertiary/aromatic N) is 3. The molecule has 0 saturated heterocycles. The number of esters is 1. The second-order valence-electron chi connectivity index (χ2n) is 9.23. The normalized spacial score (nSPS) is 17.8. The molecule has 3 heterocycles. The van der Waals surface area contributed by atoms with Gasteiger partial charge < -0.3 is 14.4 Å². The van der Waals surface area contributed by atoms with E-state index in [-0.39, 0.29) is 22.1 Å². The van der Waals surface area contributed by atoms with Crippen LogP contribution in [0.4, 0.5) is 5.69 Å². The number of fused-ring (bicyclic) bond motifs is 2. The van der Waals surface area contributed by atoms with Gasteiger partial charge in [0.05, 0.1) is 41.8 Å². The number of anilines is 1. The van der Waals surface area contributed by atoms with Crippen LogP contribution in [-0.2, 0) is 14.3 Å². The van der Waals surface area contributed by atoms with Crippen LogP contribution in [0.3, 0.4) is 0 Å². The van der Waals surface area contributed by atoms with Gasteiger partial charge in [0.15, 0.2) is 4.80 Å². The van der Waals surface area contributed by atoms with Crippen molar-refractivity contribution in [2.75, 3.05) is 18.6 Å². The second-order valence-corrected chi connectivity index (χ2v) is 10.2. The highest BCUT2D eigenvalue weighted by Crippen LogP contribution is 2.35. The second kappa shape index (κ2) is 9.90. The summed E-state index contributed by atoms with van der Waals surface area (Å²) in [5.74, 6) is -0.169. The van der Waals surface area contributed by atoms with Crippen LogP contribution in [0.15, 0.2) is 82.2 Å². The molecule has 1 atom stereocenters.